The zero-order valence-electron chi connectivity index (χ0n) is 8.16. The van der Waals surface area contributed by atoms with E-state index < -0.39 is 6.10 Å². The van der Waals surface area contributed by atoms with Crippen LogP contribution in [-0.2, 0) is 0 Å². The molecule has 0 saturated heterocycles. The molecule has 0 amide bonds. The minimum Gasteiger partial charge on any atom is -0.496 e. The van der Waals surface area contributed by atoms with Crippen LogP contribution in [0, 0.1) is 0 Å². The van der Waals surface area contributed by atoms with Crippen molar-refractivity contribution < 1.29 is 14.6 Å². The van der Waals surface area contributed by atoms with Crippen LogP contribution in [0.25, 0.3) is 0 Å². The van der Waals surface area contributed by atoms with Gasteiger partial charge in [0.05, 0.1) is 31.8 Å². The lowest BCUT2D eigenvalue weighted by atomic mass is 10.1. The van der Waals surface area contributed by atoms with Crippen LogP contribution in [0.15, 0.2) is 18.2 Å². The summed E-state index contributed by atoms with van der Waals surface area (Å²) in [6.45, 7) is 0. The molecule has 1 atom stereocenters. The van der Waals surface area contributed by atoms with Gasteiger partial charge in [-0.25, -0.2) is 0 Å². The summed E-state index contributed by atoms with van der Waals surface area (Å²) < 4.78 is 10.2. The molecule has 0 aliphatic carbocycles. The number of hydrogen-bond acceptors (Lipinski definition) is 3. The Morgan fingerprint density at radius 3 is 2.14 bits per heavy atom. The molecule has 0 fully saturated rings. The van der Waals surface area contributed by atoms with E-state index in [4.69, 9.17) is 21.1 Å². The molecule has 0 saturated carbocycles. The zero-order chi connectivity index (χ0) is 10.6. The van der Waals surface area contributed by atoms with Crippen molar-refractivity contribution in [2.45, 2.75) is 6.10 Å². The van der Waals surface area contributed by atoms with Crippen LogP contribution in [0.2, 0.25) is 0 Å². The second-order valence-electron chi connectivity index (χ2n) is 2.75. The Kier molecular flexibility index (Phi) is 4.04. The first-order valence-electron chi connectivity index (χ1n) is 4.19. The SMILES string of the molecule is COc1cccc(OC)c1[C@@H](O)CCl. The van der Waals surface area contributed by atoms with E-state index in [0.717, 1.165) is 0 Å². The Balaban J connectivity index is 3.18. The summed E-state index contributed by atoms with van der Waals surface area (Å²) in [4.78, 5) is 0. The first kappa shape index (κ1) is 11.1. The van der Waals surface area contributed by atoms with Crippen LogP contribution >= 0.6 is 11.6 Å². The van der Waals surface area contributed by atoms with E-state index in [9.17, 15) is 5.11 Å². The molecule has 0 unspecified atom stereocenters. The summed E-state index contributed by atoms with van der Waals surface area (Å²) in [6.07, 6.45) is -0.775. The van der Waals surface area contributed by atoms with Crippen molar-refractivity contribution in [3.05, 3.63) is 23.8 Å². The van der Waals surface area contributed by atoms with Gasteiger partial charge in [-0.3, -0.25) is 0 Å². The smallest absolute Gasteiger partial charge is 0.128 e. The quantitative estimate of drug-likeness (QED) is 0.783. The highest BCUT2D eigenvalue weighted by molar-refractivity contribution is 6.18. The number of ether oxygens (including phenoxy) is 2. The monoisotopic (exact) mass is 216 g/mol. The fourth-order valence-electron chi connectivity index (χ4n) is 1.29. The molecule has 1 rings (SSSR count). The normalized spacial score (nSPS) is 12.3. The summed E-state index contributed by atoms with van der Waals surface area (Å²) in [5, 5.41) is 9.66. The Morgan fingerprint density at radius 1 is 1.29 bits per heavy atom. The highest BCUT2D eigenvalue weighted by Crippen LogP contribution is 2.34. The number of rotatable bonds is 4. The van der Waals surface area contributed by atoms with Gasteiger partial charge in [-0.15, -0.1) is 11.6 Å². The molecule has 0 heterocycles. The minimum absolute atomic E-state index is 0.108. The van der Waals surface area contributed by atoms with Crippen LogP contribution in [0.4, 0.5) is 0 Å². The standard InChI is InChI=1S/C10H13ClO3/c1-13-8-4-3-5-9(14-2)10(8)7(12)6-11/h3-5,7,12H,6H2,1-2H3/t7-/m0/s1. The molecule has 1 aromatic rings. The number of alkyl halides is 1. The molecule has 1 N–H and O–H groups in total. The van der Waals surface area contributed by atoms with Crippen molar-refractivity contribution in [1.29, 1.82) is 0 Å². The van der Waals surface area contributed by atoms with E-state index in [2.05, 4.69) is 0 Å². The molecule has 0 aromatic heterocycles. The number of hydrogen-bond donors (Lipinski definition) is 1. The van der Waals surface area contributed by atoms with Gasteiger partial charge < -0.3 is 14.6 Å². The summed E-state index contributed by atoms with van der Waals surface area (Å²) in [6, 6.07) is 5.31. The highest BCUT2D eigenvalue weighted by atomic mass is 35.5. The minimum atomic E-state index is -0.775. The molecule has 78 valence electrons. The first-order chi connectivity index (χ1) is 6.74. The van der Waals surface area contributed by atoms with Crippen molar-refractivity contribution in [2.24, 2.45) is 0 Å². The van der Waals surface area contributed by atoms with Gasteiger partial charge in [0.25, 0.3) is 0 Å². The van der Waals surface area contributed by atoms with Crippen LogP contribution < -0.4 is 9.47 Å². The van der Waals surface area contributed by atoms with Gasteiger partial charge in [-0.2, -0.15) is 0 Å². The molecule has 0 aliphatic heterocycles. The van der Waals surface area contributed by atoms with Crippen LogP contribution in [0.1, 0.15) is 11.7 Å². The molecule has 0 radical (unpaired) electrons. The van der Waals surface area contributed by atoms with Gasteiger partial charge in [0.2, 0.25) is 0 Å². The van der Waals surface area contributed by atoms with Crippen LogP contribution in [-0.4, -0.2) is 25.2 Å². The van der Waals surface area contributed by atoms with Crippen molar-refractivity contribution >= 4 is 11.6 Å². The number of methoxy groups -OCH3 is 2. The van der Waals surface area contributed by atoms with Gasteiger partial charge in [-0.1, -0.05) is 6.07 Å². The van der Waals surface area contributed by atoms with E-state index in [1.54, 1.807) is 32.4 Å². The second-order valence-corrected chi connectivity index (χ2v) is 3.05. The maximum Gasteiger partial charge on any atom is 0.128 e. The van der Waals surface area contributed by atoms with Crippen molar-refractivity contribution in [1.82, 2.24) is 0 Å². The molecule has 0 aliphatic rings. The summed E-state index contributed by atoms with van der Waals surface area (Å²) in [5.74, 6) is 1.27. The molecular weight excluding hydrogens is 204 g/mol. The number of aliphatic hydroxyl groups is 1. The largest absolute Gasteiger partial charge is 0.496 e. The van der Waals surface area contributed by atoms with Gasteiger partial charge >= 0.3 is 0 Å². The summed E-state index contributed by atoms with van der Waals surface area (Å²) >= 11 is 5.58. The Bertz CT molecular complexity index is 279. The topological polar surface area (TPSA) is 38.7 Å². The third-order valence-corrected chi connectivity index (χ3v) is 2.24. The lowest BCUT2D eigenvalue weighted by Gasteiger charge is -2.15. The van der Waals surface area contributed by atoms with Gasteiger partial charge in [-0.05, 0) is 12.1 Å². The fraction of sp³-hybridized carbons (Fsp3) is 0.400. The Morgan fingerprint density at radius 2 is 1.79 bits per heavy atom. The third-order valence-electron chi connectivity index (χ3n) is 1.95. The molecule has 4 heteroatoms. The Hall–Kier alpha value is -0.930. The van der Waals surface area contributed by atoms with E-state index >= 15 is 0 Å². The molecular formula is C10H13ClO3. The van der Waals surface area contributed by atoms with E-state index in [-0.39, 0.29) is 5.88 Å². The molecule has 0 bridgehead atoms. The van der Waals surface area contributed by atoms with E-state index in [0.29, 0.717) is 17.1 Å². The van der Waals surface area contributed by atoms with Gasteiger partial charge in [0, 0.05) is 0 Å². The predicted molar refractivity (Wildman–Crippen MR) is 55.2 cm³/mol. The molecule has 3 nitrogen and oxygen atoms in total. The van der Waals surface area contributed by atoms with Gasteiger partial charge in [0.1, 0.15) is 11.5 Å². The zero-order valence-corrected chi connectivity index (χ0v) is 8.91. The average molecular weight is 217 g/mol. The molecule has 14 heavy (non-hydrogen) atoms. The van der Waals surface area contributed by atoms with Crippen LogP contribution in [0.3, 0.4) is 0 Å². The van der Waals surface area contributed by atoms with Gasteiger partial charge in [0.15, 0.2) is 0 Å². The Labute approximate surface area is 88.2 Å². The lowest BCUT2D eigenvalue weighted by molar-refractivity contribution is 0.192. The third kappa shape index (κ3) is 2.11. The van der Waals surface area contributed by atoms with Crippen molar-refractivity contribution in [3.63, 3.8) is 0 Å². The van der Waals surface area contributed by atoms with Crippen molar-refractivity contribution in [2.75, 3.05) is 20.1 Å². The summed E-state index contributed by atoms with van der Waals surface area (Å²) in [5.41, 5.74) is 0.590. The number of benzene rings is 1. The number of halogens is 1. The molecule has 0 spiro atoms. The predicted octanol–water partition coefficient (Wildman–Crippen LogP) is 1.98. The average Bonchev–Trinajstić information content (AvgIpc) is 2.26. The van der Waals surface area contributed by atoms with Crippen molar-refractivity contribution in [3.8, 4) is 11.5 Å². The fourth-order valence-corrected chi connectivity index (χ4v) is 1.44. The molecule has 1 aromatic carbocycles. The second kappa shape index (κ2) is 5.08. The maximum absolute atomic E-state index is 9.66. The van der Waals surface area contributed by atoms with Crippen LogP contribution in [0.5, 0.6) is 11.5 Å². The van der Waals surface area contributed by atoms with E-state index in [1.807, 2.05) is 0 Å². The number of aliphatic hydroxyl groups excluding tert-OH is 1. The highest BCUT2D eigenvalue weighted by Gasteiger charge is 2.17. The summed E-state index contributed by atoms with van der Waals surface area (Å²) in [7, 11) is 3.08. The first-order valence-corrected chi connectivity index (χ1v) is 4.73. The lowest BCUT2D eigenvalue weighted by Crippen LogP contribution is -2.04. The van der Waals surface area contributed by atoms with E-state index in [1.165, 1.54) is 0 Å². The maximum atomic E-state index is 9.66.